The van der Waals surface area contributed by atoms with Crippen molar-refractivity contribution in [3.05, 3.63) is 30.2 Å². The number of nitrogens with one attached hydrogen (secondary N) is 2. The highest BCUT2D eigenvalue weighted by molar-refractivity contribution is 14.0. The van der Waals surface area contributed by atoms with E-state index in [2.05, 4.69) is 37.6 Å². The summed E-state index contributed by atoms with van der Waals surface area (Å²) < 4.78 is 2.02. The molecule has 8 heteroatoms. The molecule has 0 amide bonds. The van der Waals surface area contributed by atoms with Crippen molar-refractivity contribution < 1.29 is 0 Å². The molecule has 1 fully saturated rings. The first kappa shape index (κ1) is 18.3. The second kappa shape index (κ2) is 9.31. The number of rotatable bonds is 5. The van der Waals surface area contributed by atoms with Crippen molar-refractivity contribution >= 4 is 47.3 Å². The minimum absolute atomic E-state index is 0. The predicted octanol–water partition coefficient (Wildman–Crippen LogP) is 1.95. The number of hydrogen-bond acceptors (Lipinski definition) is 4. The third-order valence-electron chi connectivity index (χ3n) is 3.77. The lowest BCUT2D eigenvalue weighted by molar-refractivity contribution is 0.717. The van der Waals surface area contributed by atoms with Crippen LogP contribution in [0, 0.1) is 0 Å². The van der Waals surface area contributed by atoms with Gasteiger partial charge >= 0.3 is 0 Å². The summed E-state index contributed by atoms with van der Waals surface area (Å²) >= 11 is 2.05. The van der Waals surface area contributed by atoms with E-state index < -0.39 is 0 Å². The van der Waals surface area contributed by atoms with Gasteiger partial charge in [-0.2, -0.15) is 11.8 Å². The van der Waals surface area contributed by atoms with Crippen molar-refractivity contribution in [2.45, 2.75) is 24.5 Å². The standard InChI is InChI=1S/C15H22N6S.HI/c1-16-15(18-11-12-5-4-10-22-12)17-8-7-14-20-19-13-6-2-3-9-21(13)14;/h2-3,6,9,12H,4-5,7-8,10-11H2,1H3,(H2,16,17,18);1H. The normalized spacial score (nSPS) is 18.0. The number of thioether (sulfide) groups is 1. The number of fused-ring (bicyclic) bond motifs is 1. The molecule has 0 aliphatic carbocycles. The Bertz CT molecular complexity index is 638. The van der Waals surface area contributed by atoms with Gasteiger partial charge in [0.15, 0.2) is 11.6 Å². The predicted molar refractivity (Wildman–Crippen MR) is 107 cm³/mol. The fraction of sp³-hybridized carbons (Fsp3) is 0.533. The van der Waals surface area contributed by atoms with Crippen LogP contribution in [-0.4, -0.2) is 51.7 Å². The fourth-order valence-corrected chi connectivity index (χ4v) is 3.79. The molecule has 1 aliphatic rings. The minimum Gasteiger partial charge on any atom is -0.356 e. The maximum atomic E-state index is 4.27. The Labute approximate surface area is 157 Å². The SMILES string of the molecule is CN=C(NCCc1nnc2ccccn12)NCC1CCCS1.I. The number of hydrogen-bond donors (Lipinski definition) is 2. The third kappa shape index (κ3) is 4.97. The first-order valence-electron chi connectivity index (χ1n) is 7.71. The molecule has 3 rings (SSSR count). The van der Waals surface area contributed by atoms with Gasteiger partial charge in [0.25, 0.3) is 0 Å². The van der Waals surface area contributed by atoms with E-state index in [0.29, 0.717) is 0 Å². The number of aliphatic imine (C=N–C) groups is 1. The molecule has 2 N–H and O–H groups in total. The zero-order valence-electron chi connectivity index (χ0n) is 13.2. The van der Waals surface area contributed by atoms with Crippen LogP contribution in [0.2, 0.25) is 0 Å². The van der Waals surface area contributed by atoms with Gasteiger partial charge in [-0.1, -0.05) is 6.07 Å². The van der Waals surface area contributed by atoms with Crippen LogP contribution in [0.25, 0.3) is 5.65 Å². The topological polar surface area (TPSA) is 66.6 Å². The van der Waals surface area contributed by atoms with Crippen LogP contribution in [0.5, 0.6) is 0 Å². The van der Waals surface area contributed by atoms with Crippen molar-refractivity contribution in [3.63, 3.8) is 0 Å². The van der Waals surface area contributed by atoms with Crippen LogP contribution in [0.3, 0.4) is 0 Å². The summed E-state index contributed by atoms with van der Waals surface area (Å²) in [5.41, 5.74) is 0.887. The number of pyridine rings is 1. The summed E-state index contributed by atoms with van der Waals surface area (Å²) in [6.45, 7) is 1.77. The molecule has 0 saturated carbocycles. The van der Waals surface area contributed by atoms with E-state index in [1.807, 2.05) is 35.8 Å². The summed E-state index contributed by atoms with van der Waals surface area (Å²) in [6, 6.07) is 5.93. The number of aromatic nitrogens is 3. The van der Waals surface area contributed by atoms with Gasteiger partial charge < -0.3 is 10.6 Å². The van der Waals surface area contributed by atoms with Crippen molar-refractivity contribution in [2.24, 2.45) is 4.99 Å². The van der Waals surface area contributed by atoms with Gasteiger partial charge in [0.2, 0.25) is 0 Å². The molecule has 1 aliphatic heterocycles. The molecule has 0 aromatic carbocycles. The maximum absolute atomic E-state index is 4.27. The van der Waals surface area contributed by atoms with E-state index >= 15 is 0 Å². The Morgan fingerprint density at radius 2 is 2.30 bits per heavy atom. The number of guanidine groups is 1. The van der Waals surface area contributed by atoms with E-state index in [1.54, 1.807) is 0 Å². The Morgan fingerprint density at radius 1 is 1.39 bits per heavy atom. The minimum atomic E-state index is 0. The van der Waals surface area contributed by atoms with Gasteiger partial charge in [0, 0.05) is 38.0 Å². The molecule has 2 aromatic rings. The van der Waals surface area contributed by atoms with Crippen molar-refractivity contribution in [1.29, 1.82) is 0 Å². The lowest BCUT2D eigenvalue weighted by Crippen LogP contribution is -2.41. The number of nitrogens with zero attached hydrogens (tertiary/aromatic N) is 4. The average molecular weight is 446 g/mol. The lowest BCUT2D eigenvalue weighted by Gasteiger charge is -2.14. The average Bonchev–Trinajstić information content (AvgIpc) is 3.20. The summed E-state index contributed by atoms with van der Waals surface area (Å²) in [6.07, 6.45) is 5.45. The van der Waals surface area contributed by atoms with Gasteiger partial charge in [-0.15, -0.1) is 34.2 Å². The van der Waals surface area contributed by atoms with E-state index in [0.717, 1.165) is 42.2 Å². The molecular formula is C15H23IN6S. The molecule has 126 valence electrons. The van der Waals surface area contributed by atoms with Gasteiger partial charge in [0.1, 0.15) is 5.82 Å². The number of halogens is 1. The summed E-state index contributed by atoms with van der Waals surface area (Å²) in [4.78, 5) is 4.27. The van der Waals surface area contributed by atoms with Gasteiger partial charge in [-0.05, 0) is 30.7 Å². The molecule has 0 radical (unpaired) electrons. The Balaban J connectivity index is 0.00000192. The highest BCUT2D eigenvalue weighted by Gasteiger charge is 2.15. The van der Waals surface area contributed by atoms with E-state index in [4.69, 9.17) is 0 Å². The van der Waals surface area contributed by atoms with Crippen molar-refractivity contribution in [1.82, 2.24) is 25.2 Å². The molecule has 6 nitrogen and oxygen atoms in total. The van der Waals surface area contributed by atoms with Crippen molar-refractivity contribution in [2.75, 3.05) is 25.9 Å². The maximum Gasteiger partial charge on any atom is 0.191 e. The van der Waals surface area contributed by atoms with Gasteiger partial charge in [0.05, 0.1) is 0 Å². The largest absolute Gasteiger partial charge is 0.356 e. The molecule has 0 spiro atoms. The highest BCUT2D eigenvalue weighted by atomic mass is 127. The second-order valence-electron chi connectivity index (χ2n) is 5.31. The quantitative estimate of drug-likeness (QED) is 0.418. The first-order valence-corrected chi connectivity index (χ1v) is 8.76. The van der Waals surface area contributed by atoms with Crippen LogP contribution >= 0.6 is 35.7 Å². The zero-order valence-corrected chi connectivity index (χ0v) is 16.4. The van der Waals surface area contributed by atoms with Crippen LogP contribution in [0.1, 0.15) is 18.7 Å². The van der Waals surface area contributed by atoms with Gasteiger partial charge in [-0.3, -0.25) is 9.39 Å². The van der Waals surface area contributed by atoms with E-state index in [1.165, 1.54) is 18.6 Å². The van der Waals surface area contributed by atoms with E-state index in [-0.39, 0.29) is 24.0 Å². The first-order chi connectivity index (χ1) is 10.9. The summed E-state index contributed by atoms with van der Waals surface area (Å²) in [7, 11) is 1.81. The second-order valence-corrected chi connectivity index (χ2v) is 6.72. The highest BCUT2D eigenvalue weighted by Crippen LogP contribution is 2.25. The lowest BCUT2D eigenvalue weighted by atomic mass is 10.2. The Kier molecular flexibility index (Phi) is 7.41. The zero-order chi connectivity index (χ0) is 15.2. The Morgan fingerprint density at radius 3 is 3.09 bits per heavy atom. The smallest absolute Gasteiger partial charge is 0.191 e. The molecule has 2 aromatic heterocycles. The molecule has 1 saturated heterocycles. The van der Waals surface area contributed by atoms with Crippen LogP contribution in [-0.2, 0) is 6.42 Å². The Hall–Kier alpha value is -1.03. The van der Waals surface area contributed by atoms with Crippen molar-refractivity contribution in [3.8, 4) is 0 Å². The molecule has 3 heterocycles. The van der Waals surface area contributed by atoms with Crippen LogP contribution in [0.15, 0.2) is 29.4 Å². The molecule has 1 atom stereocenters. The van der Waals surface area contributed by atoms with Gasteiger partial charge in [-0.25, -0.2) is 0 Å². The third-order valence-corrected chi connectivity index (χ3v) is 5.17. The van der Waals surface area contributed by atoms with Crippen LogP contribution < -0.4 is 10.6 Å². The molecule has 0 bridgehead atoms. The summed E-state index contributed by atoms with van der Waals surface area (Å²) in [5, 5.41) is 15.9. The molecule has 23 heavy (non-hydrogen) atoms. The molecule has 1 unspecified atom stereocenters. The van der Waals surface area contributed by atoms with E-state index in [9.17, 15) is 0 Å². The van der Waals surface area contributed by atoms with Crippen LogP contribution in [0.4, 0.5) is 0 Å². The molecular weight excluding hydrogens is 423 g/mol. The fourth-order valence-electron chi connectivity index (χ4n) is 2.59. The monoisotopic (exact) mass is 446 g/mol. The summed E-state index contributed by atoms with van der Waals surface area (Å²) in [5.74, 6) is 3.12.